The van der Waals surface area contributed by atoms with Crippen LogP contribution >= 0.6 is 11.6 Å². The van der Waals surface area contributed by atoms with E-state index in [2.05, 4.69) is 10.4 Å². The van der Waals surface area contributed by atoms with Crippen LogP contribution in [0.4, 0.5) is 5.82 Å². The average molecular weight is 366 g/mol. The molecule has 1 N–H and O–H groups in total. The van der Waals surface area contributed by atoms with E-state index in [0.29, 0.717) is 23.0 Å². The van der Waals surface area contributed by atoms with Crippen LogP contribution in [0.15, 0.2) is 66.4 Å². The second-order valence-electron chi connectivity index (χ2n) is 5.95. The molecular formula is C20H16ClN3O2. The maximum absolute atomic E-state index is 12.6. The van der Waals surface area contributed by atoms with Crippen LogP contribution in [0.1, 0.15) is 11.1 Å². The van der Waals surface area contributed by atoms with Gasteiger partial charge in [0.2, 0.25) is 0 Å². The van der Waals surface area contributed by atoms with Gasteiger partial charge in [-0.2, -0.15) is 5.10 Å². The van der Waals surface area contributed by atoms with E-state index in [1.807, 2.05) is 54.6 Å². The van der Waals surface area contributed by atoms with Gasteiger partial charge in [-0.05, 0) is 29.8 Å². The number of halogens is 1. The van der Waals surface area contributed by atoms with E-state index in [9.17, 15) is 4.79 Å². The van der Waals surface area contributed by atoms with E-state index >= 15 is 0 Å². The first-order chi connectivity index (χ1) is 12.7. The van der Waals surface area contributed by atoms with Crippen LogP contribution < -0.4 is 10.1 Å². The Balaban J connectivity index is 1.50. The predicted molar refractivity (Wildman–Crippen MR) is 101 cm³/mol. The van der Waals surface area contributed by atoms with Crippen molar-refractivity contribution in [1.82, 2.24) is 9.78 Å². The molecule has 0 spiro atoms. The molecule has 26 heavy (non-hydrogen) atoms. The molecule has 1 aromatic heterocycles. The van der Waals surface area contributed by atoms with Crippen molar-refractivity contribution in [3.8, 4) is 5.75 Å². The lowest BCUT2D eigenvalue weighted by molar-refractivity contribution is -0.113. The monoisotopic (exact) mass is 365 g/mol. The third-order valence-electron chi connectivity index (χ3n) is 4.13. The first kappa shape index (κ1) is 16.4. The lowest BCUT2D eigenvalue weighted by Crippen LogP contribution is -2.23. The Morgan fingerprint density at radius 3 is 2.81 bits per heavy atom. The number of nitrogens with zero attached hydrogens (tertiary/aromatic N) is 2. The van der Waals surface area contributed by atoms with Gasteiger partial charge >= 0.3 is 0 Å². The SMILES string of the molecule is O=C(Nc1ccnn1Cc1ccc(Cl)cc1)C1=Cc2ccccc2OC1. The summed E-state index contributed by atoms with van der Waals surface area (Å²) < 4.78 is 7.38. The van der Waals surface area contributed by atoms with Crippen molar-refractivity contribution in [1.29, 1.82) is 0 Å². The molecule has 1 aliphatic rings. The van der Waals surface area contributed by atoms with Gasteiger partial charge in [0, 0.05) is 16.7 Å². The minimum atomic E-state index is -0.197. The van der Waals surface area contributed by atoms with Gasteiger partial charge in [0.15, 0.2) is 0 Å². The van der Waals surface area contributed by atoms with Crippen molar-refractivity contribution >= 4 is 29.4 Å². The lowest BCUT2D eigenvalue weighted by atomic mass is 10.1. The van der Waals surface area contributed by atoms with E-state index < -0.39 is 0 Å². The molecular weight excluding hydrogens is 350 g/mol. The third-order valence-corrected chi connectivity index (χ3v) is 4.38. The summed E-state index contributed by atoms with van der Waals surface area (Å²) in [7, 11) is 0. The number of amides is 1. The van der Waals surface area contributed by atoms with Gasteiger partial charge in [0.05, 0.1) is 18.3 Å². The van der Waals surface area contributed by atoms with Crippen molar-refractivity contribution < 1.29 is 9.53 Å². The van der Waals surface area contributed by atoms with Crippen LogP contribution in [0.2, 0.25) is 5.02 Å². The first-order valence-electron chi connectivity index (χ1n) is 8.19. The summed E-state index contributed by atoms with van der Waals surface area (Å²) in [5.74, 6) is 1.22. The van der Waals surface area contributed by atoms with Gasteiger partial charge in [-0.3, -0.25) is 4.79 Å². The third kappa shape index (κ3) is 3.48. The van der Waals surface area contributed by atoms with Crippen LogP contribution in [0, 0.1) is 0 Å². The highest BCUT2D eigenvalue weighted by atomic mass is 35.5. The fraction of sp³-hybridized carbons (Fsp3) is 0.100. The van der Waals surface area contributed by atoms with Gasteiger partial charge in [-0.25, -0.2) is 4.68 Å². The number of fused-ring (bicyclic) bond motifs is 1. The number of aromatic nitrogens is 2. The smallest absolute Gasteiger partial charge is 0.256 e. The summed E-state index contributed by atoms with van der Waals surface area (Å²) in [4.78, 5) is 12.6. The van der Waals surface area contributed by atoms with Crippen LogP contribution in [0.3, 0.4) is 0 Å². The number of ether oxygens (including phenoxy) is 1. The zero-order valence-corrected chi connectivity index (χ0v) is 14.6. The first-order valence-corrected chi connectivity index (χ1v) is 8.57. The minimum absolute atomic E-state index is 0.197. The number of hydrogen-bond acceptors (Lipinski definition) is 3. The highest BCUT2D eigenvalue weighted by molar-refractivity contribution is 6.30. The molecule has 2 heterocycles. The lowest BCUT2D eigenvalue weighted by Gasteiger charge is -2.17. The largest absolute Gasteiger partial charge is 0.488 e. The molecule has 3 aromatic rings. The number of benzene rings is 2. The van der Waals surface area contributed by atoms with Crippen molar-refractivity contribution in [2.24, 2.45) is 0 Å². The van der Waals surface area contributed by atoms with Crippen LogP contribution in [-0.2, 0) is 11.3 Å². The molecule has 0 unspecified atom stereocenters. The van der Waals surface area contributed by atoms with E-state index in [-0.39, 0.29) is 12.5 Å². The highest BCUT2D eigenvalue weighted by Gasteiger charge is 2.18. The molecule has 1 amide bonds. The van der Waals surface area contributed by atoms with E-state index in [4.69, 9.17) is 16.3 Å². The Kier molecular flexibility index (Phi) is 4.46. The zero-order valence-electron chi connectivity index (χ0n) is 13.9. The van der Waals surface area contributed by atoms with E-state index in [1.165, 1.54) is 0 Å². The standard InChI is InChI=1S/C20H16ClN3O2/c21-17-7-5-14(6-8-17)12-24-19(9-10-22-24)23-20(25)16-11-15-3-1-2-4-18(15)26-13-16/h1-11H,12-13H2,(H,23,25). The number of nitrogens with one attached hydrogen (secondary N) is 1. The van der Waals surface area contributed by atoms with Crippen molar-refractivity contribution in [3.63, 3.8) is 0 Å². The van der Waals surface area contributed by atoms with E-state index in [1.54, 1.807) is 16.9 Å². The van der Waals surface area contributed by atoms with Crippen molar-refractivity contribution in [3.05, 3.63) is 82.5 Å². The molecule has 0 saturated heterocycles. The molecule has 0 saturated carbocycles. The number of hydrogen-bond donors (Lipinski definition) is 1. The Hall–Kier alpha value is -3.05. The molecule has 0 bridgehead atoms. The fourth-order valence-corrected chi connectivity index (χ4v) is 2.90. The van der Waals surface area contributed by atoms with Gasteiger partial charge in [0.1, 0.15) is 18.2 Å². The molecule has 2 aromatic carbocycles. The molecule has 5 nitrogen and oxygen atoms in total. The second-order valence-corrected chi connectivity index (χ2v) is 6.39. The molecule has 4 rings (SSSR count). The summed E-state index contributed by atoms with van der Waals surface area (Å²) in [5, 5.41) is 7.88. The normalized spacial score (nSPS) is 12.7. The zero-order chi connectivity index (χ0) is 17.9. The van der Waals surface area contributed by atoms with Gasteiger partial charge in [-0.1, -0.05) is 41.9 Å². The molecule has 0 fully saturated rings. The topological polar surface area (TPSA) is 56.2 Å². The summed E-state index contributed by atoms with van der Waals surface area (Å²) in [5.41, 5.74) is 2.52. The Labute approximate surface area is 155 Å². The summed E-state index contributed by atoms with van der Waals surface area (Å²) in [6.45, 7) is 0.784. The van der Waals surface area contributed by atoms with Crippen LogP contribution in [0.25, 0.3) is 6.08 Å². The number of carbonyl (C=O) groups excluding carboxylic acids is 1. The van der Waals surface area contributed by atoms with E-state index in [0.717, 1.165) is 16.9 Å². The molecule has 6 heteroatoms. The number of para-hydroxylation sites is 1. The maximum Gasteiger partial charge on any atom is 0.256 e. The minimum Gasteiger partial charge on any atom is -0.488 e. The Morgan fingerprint density at radius 1 is 1.15 bits per heavy atom. The quantitative estimate of drug-likeness (QED) is 0.760. The summed E-state index contributed by atoms with van der Waals surface area (Å²) >= 11 is 5.92. The molecule has 0 atom stereocenters. The van der Waals surface area contributed by atoms with Crippen LogP contribution in [0.5, 0.6) is 5.75 Å². The average Bonchev–Trinajstić information content (AvgIpc) is 3.10. The molecule has 0 radical (unpaired) electrons. The molecule has 0 aliphatic carbocycles. The second kappa shape index (κ2) is 7.06. The summed E-state index contributed by atoms with van der Waals surface area (Å²) in [6, 6.07) is 16.9. The van der Waals surface area contributed by atoms with Crippen molar-refractivity contribution in [2.75, 3.05) is 11.9 Å². The Morgan fingerprint density at radius 2 is 1.96 bits per heavy atom. The molecule has 130 valence electrons. The van der Waals surface area contributed by atoms with Gasteiger partial charge in [-0.15, -0.1) is 0 Å². The van der Waals surface area contributed by atoms with Crippen molar-refractivity contribution in [2.45, 2.75) is 6.54 Å². The fourth-order valence-electron chi connectivity index (χ4n) is 2.77. The molecule has 1 aliphatic heterocycles. The number of rotatable bonds is 4. The number of anilines is 1. The summed E-state index contributed by atoms with van der Waals surface area (Å²) in [6.07, 6.45) is 3.51. The number of carbonyl (C=O) groups is 1. The van der Waals surface area contributed by atoms with Gasteiger partial charge in [0.25, 0.3) is 5.91 Å². The van der Waals surface area contributed by atoms with Crippen LogP contribution in [-0.4, -0.2) is 22.3 Å². The highest BCUT2D eigenvalue weighted by Crippen LogP contribution is 2.26. The predicted octanol–water partition coefficient (Wildman–Crippen LogP) is 4.00. The Bertz CT molecular complexity index is 977. The maximum atomic E-state index is 12.6. The van der Waals surface area contributed by atoms with Gasteiger partial charge < -0.3 is 10.1 Å².